The molecule has 7 nitrogen and oxygen atoms in total. The maximum Gasteiger partial charge on any atom is 0.269 e. The zero-order chi connectivity index (χ0) is 17.6. The van der Waals surface area contributed by atoms with Crippen LogP contribution >= 0.6 is 11.3 Å². The number of piperazine rings is 1. The molecule has 1 aromatic heterocycles. The van der Waals surface area contributed by atoms with Crippen molar-refractivity contribution in [1.82, 2.24) is 15.1 Å². The van der Waals surface area contributed by atoms with Gasteiger partial charge in [0.15, 0.2) is 0 Å². The number of nitrogens with zero attached hydrogens (tertiary/aromatic N) is 3. The summed E-state index contributed by atoms with van der Waals surface area (Å²) in [7, 11) is 0. The molecular formula is C17H20N4O3S. The Kier molecular flexibility index (Phi) is 5.72. The van der Waals surface area contributed by atoms with E-state index in [9.17, 15) is 14.4 Å². The molecule has 3 heterocycles. The zero-order valence-corrected chi connectivity index (χ0v) is 14.6. The second kappa shape index (κ2) is 8.17. The highest BCUT2D eigenvalue weighted by atomic mass is 32.1. The van der Waals surface area contributed by atoms with Crippen molar-refractivity contribution in [1.29, 1.82) is 0 Å². The molecule has 0 bridgehead atoms. The van der Waals surface area contributed by atoms with E-state index in [-0.39, 0.29) is 17.7 Å². The third-order valence-electron chi connectivity index (χ3n) is 4.24. The number of carbonyl (C=O) groups is 3. The average molecular weight is 360 g/mol. The molecule has 2 aliphatic heterocycles. The smallest absolute Gasteiger partial charge is 0.269 e. The van der Waals surface area contributed by atoms with Crippen molar-refractivity contribution in [2.24, 2.45) is 10.9 Å². The second-order valence-electron chi connectivity index (χ2n) is 5.90. The summed E-state index contributed by atoms with van der Waals surface area (Å²) in [6.45, 7) is 4.18. The number of thiophene rings is 1. The Balaban J connectivity index is 1.38. The van der Waals surface area contributed by atoms with E-state index in [1.165, 1.54) is 23.6 Å². The molecule has 1 saturated heterocycles. The van der Waals surface area contributed by atoms with E-state index in [2.05, 4.69) is 15.2 Å². The van der Waals surface area contributed by atoms with E-state index in [0.29, 0.717) is 19.6 Å². The number of hydrogen-bond acceptors (Lipinski definition) is 5. The summed E-state index contributed by atoms with van der Waals surface area (Å²) in [5, 5.41) is 4.80. The van der Waals surface area contributed by atoms with Gasteiger partial charge in [-0.1, -0.05) is 12.1 Å². The van der Waals surface area contributed by atoms with Gasteiger partial charge in [0.25, 0.3) is 11.8 Å². The van der Waals surface area contributed by atoms with Crippen molar-refractivity contribution in [3.63, 3.8) is 0 Å². The molecule has 3 rings (SSSR count). The third-order valence-corrected chi connectivity index (χ3v) is 5.10. The molecule has 1 unspecified atom stereocenters. The van der Waals surface area contributed by atoms with Crippen molar-refractivity contribution in [3.8, 4) is 0 Å². The Hall–Kier alpha value is -2.32. The first kappa shape index (κ1) is 17.5. The zero-order valence-electron chi connectivity index (χ0n) is 13.8. The number of hydrogen-bond donors (Lipinski definition) is 1. The second-order valence-corrected chi connectivity index (χ2v) is 6.85. The summed E-state index contributed by atoms with van der Waals surface area (Å²) in [6.07, 6.45) is 4.36. The number of aliphatic imine (C=N–C) groups is 1. The van der Waals surface area contributed by atoms with E-state index >= 15 is 0 Å². The molecular weight excluding hydrogens is 340 g/mol. The lowest BCUT2D eigenvalue weighted by atomic mass is 10.1. The summed E-state index contributed by atoms with van der Waals surface area (Å²) >= 11 is 1.43. The van der Waals surface area contributed by atoms with Gasteiger partial charge >= 0.3 is 0 Å². The van der Waals surface area contributed by atoms with Crippen LogP contribution in [0.25, 0.3) is 0 Å². The van der Waals surface area contributed by atoms with Crippen molar-refractivity contribution >= 4 is 35.3 Å². The van der Waals surface area contributed by atoms with Crippen LogP contribution in [0.15, 0.2) is 34.7 Å². The molecule has 0 radical (unpaired) electrons. The number of dihydropyridines is 1. The predicted octanol–water partition coefficient (Wildman–Crippen LogP) is 0.406. The normalized spacial score (nSPS) is 20.7. The SMILES string of the molecule is O=C1C=CC(C(=O)N2CCN(CCNC(=O)c3cccs3)CC2)C=N1. The number of nitrogens with one attached hydrogen (secondary N) is 1. The summed E-state index contributed by atoms with van der Waals surface area (Å²) in [6, 6.07) is 3.67. The Morgan fingerprint density at radius 1 is 1.28 bits per heavy atom. The molecule has 1 atom stereocenters. The molecule has 1 fully saturated rings. The molecule has 0 aromatic carbocycles. The molecule has 3 amide bonds. The summed E-state index contributed by atoms with van der Waals surface area (Å²) in [5.41, 5.74) is 0. The first-order valence-electron chi connectivity index (χ1n) is 8.22. The summed E-state index contributed by atoms with van der Waals surface area (Å²) in [4.78, 5) is 43.7. The fourth-order valence-corrected chi connectivity index (χ4v) is 3.44. The fourth-order valence-electron chi connectivity index (χ4n) is 2.80. The summed E-state index contributed by atoms with van der Waals surface area (Å²) in [5.74, 6) is -0.812. The minimum absolute atomic E-state index is 0.0156. The minimum atomic E-state index is -0.436. The topological polar surface area (TPSA) is 82.1 Å². The minimum Gasteiger partial charge on any atom is -0.350 e. The van der Waals surface area contributed by atoms with Crippen LogP contribution in [0, 0.1) is 5.92 Å². The van der Waals surface area contributed by atoms with Gasteiger partial charge in [-0.05, 0) is 11.4 Å². The molecule has 1 N–H and O–H groups in total. The van der Waals surface area contributed by atoms with Gasteiger partial charge in [0.2, 0.25) is 5.91 Å². The van der Waals surface area contributed by atoms with E-state index in [1.807, 2.05) is 11.4 Å². The van der Waals surface area contributed by atoms with Crippen molar-refractivity contribution in [3.05, 3.63) is 34.5 Å². The molecule has 8 heteroatoms. The van der Waals surface area contributed by atoms with Gasteiger partial charge in [0.1, 0.15) is 0 Å². The van der Waals surface area contributed by atoms with Gasteiger partial charge < -0.3 is 10.2 Å². The first-order chi connectivity index (χ1) is 12.1. The highest BCUT2D eigenvalue weighted by molar-refractivity contribution is 7.12. The third kappa shape index (κ3) is 4.61. The van der Waals surface area contributed by atoms with E-state index in [4.69, 9.17) is 0 Å². The van der Waals surface area contributed by atoms with Crippen molar-refractivity contribution in [2.45, 2.75) is 0 Å². The molecule has 25 heavy (non-hydrogen) atoms. The standard InChI is InChI=1S/C17H20N4O3S/c22-15-4-3-13(12-19-15)17(24)21-9-7-20(8-10-21)6-5-18-16(23)14-2-1-11-25-14/h1-4,11-13H,5-10H2,(H,18,23). The van der Waals surface area contributed by atoms with Gasteiger partial charge in [-0.2, -0.15) is 0 Å². The molecule has 1 aromatic rings. The van der Waals surface area contributed by atoms with Crippen LogP contribution in [0.1, 0.15) is 9.67 Å². The molecule has 2 aliphatic rings. The van der Waals surface area contributed by atoms with Gasteiger partial charge in [-0.3, -0.25) is 19.3 Å². The Morgan fingerprint density at radius 3 is 2.72 bits per heavy atom. The number of rotatable bonds is 5. The quantitative estimate of drug-likeness (QED) is 0.824. The summed E-state index contributed by atoms with van der Waals surface area (Å²) < 4.78 is 0. The first-order valence-corrected chi connectivity index (χ1v) is 9.10. The highest BCUT2D eigenvalue weighted by Gasteiger charge is 2.26. The monoisotopic (exact) mass is 360 g/mol. The van der Waals surface area contributed by atoms with Crippen LogP contribution in [0.4, 0.5) is 0 Å². The maximum absolute atomic E-state index is 12.4. The Labute approximate surface area is 150 Å². The Bertz CT molecular complexity index is 675. The van der Waals surface area contributed by atoms with Crippen LogP contribution in [0.5, 0.6) is 0 Å². The van der Waals surface area contributed by atoms with Crippen LogP contribution in [-0.4, -0.2) is 73.0 Å². The van der Waals surface area contributed by atoms with Crippen LogP contribution in [0.3, 0.4) is 0 Å². The fraction of sp³-hybridized carbons (Fsp3) is 0.412. The lowest BCUT2D eigenvalue weighted by Gasteiger charge is -2.35. The Morgan fingerprint density at radius 2 is 2.08 bits per heavy atom. The van der Waals surface area contributed by atoms with Crippen LogP contribution in [-0.2, 0) is 9.59 Å². The van der Waals surface area contributed by atoms with Gasteiger partial charge in [0.05, 0.1) is 10.8 Å². The van der Waals surface area contributed by atoms with Gasteiger partial charge in [-0.25, -0.2) is 4.99 Å². The lowest BCUT2D eigenvalue weighted by molar-refractivity contribution is -0.133. The molecule has 132 valence electrons. The van der Waals surface area contributed by atoms with E-state index in [0.717, 1.165) is 24.5 Å². The van der Waals surface area contributed by atoms with Crippen molar-refractivity contribution in [2.75, 3.05) is 39.3 Å². The van der Waals surface area contributed by atoms with Crippen LogP contribution in [0.2, 0.25) is 0 Å². The van der Waals surface area contributed by atoms with E-state index < -0.39 is 5.92 Å². The number of carbonyl (C=O) groups excluding carboxylic acids is 3. The molecule has 0 saturated carbocycles. The number of amides is 3. The molecule has 0 spiro atoms. The largest absolute Gasteiger partial charge is 0.350 e. The average Bonchev–Trinajstić information content (AvgIpc) is 3.17. The lowest BCUT2D eigenvalue weighted by Crippen LogP contribution is -2.51. The van der Waals surface area contributed by atoms with Crippen molar-refractivity contribution < 1.29 is 14.4 Å². The maximum atomic E-state index is 12.4. The predicted molar refractivity (Wildman–Crippen MR) is 95.8 cm³/mol. The van der Waals surface area contributed by atoms with Gasteiger partial charge in [0, 0.05) is 51.6 Å². The van der Waals surface area contributed by atoms with Gasteiger partial charge in [-0.15, -0.1) is 11.3 Å². The van der Waals surface area contributed by atoms with Crippen LogP contribution < -0.4 is 5.32 Å². The highest BCUT2D eigenvalue weighted by Crippen LogP contribution is 2.11. The van der Waals surface area contributed by atoms with E-state index in [1.54, 1.807) is 17.0 Å². The molecule has 0 aliphatic carbocycles.